The smallest absolute Gasteiger partial charge is 0.0931 e. The van der Waals surface area contributed by atoms with Crippen molar-refractivity contribution in [3.8, 4) is 0 Å². The third-order valence-corrected chi connectivity index (χ3v) is 6.64. The standard InChI is InChI=1S/C16H26ClNS2/c1-2-10-18-13(11-15-8-9-16(17)20-15)12-19-14-6-4-3-5-7-14/h8-9,13-14,18H,2-7,10-12H2,1H3. The molecule has 0 radical (unpaired) electrons. The quantitative estimate of drug-likeness (QED) is 0.686. The molecule has 1 aliphatic rings. The van der Waals surface area contributed by atoms with Gasteiger partial charge in [0.05, 0.1) is 4.34 Å². The van der Waals surface area contributed by atoms with E-state index < -0.39 is 0 Å². The summed E-state index contributed by atoms with van der Waals surface area (Å²) >= 11 is 9.96. The molecule has 1 heterocycles. The molecule has 0 saturated heterocycles. The minimum absolute atomic E-state index is 0.594. The molecule has 0 bridgehead atoms. The maximum Gasteiger partial charge on any atom is 0.0931 e. The molecule has 1 nitrogen and oxygen atoms in total. The molecule has 0 aliphatic heterocycles. The van der Waals surface area contributed by atoms with Gasteiger partial charge in [-0.2, -0.15) is 11.8 Å². The number of hydrogen-bond acceptors (Lipinski definition) is 3. The van der Waals surface area contributed by atoms with Crippen LogP contribution in [0.2, 0.25) is 4.34 Å². The summed E-state index contributed by atoms with van der Waals surface area (Å²) in [5.41, 5.74) is 0. The van der Waals surface area contributed by atoms with Gasteiger partial charge in [-0.15, -0.1) is 11.3 Å². The van der Waals surface area contributed by atoms with Crippen LogP contribution >= 0.6 is 34.7 Å². The molecule has 0 amide bonds. The molecule has 1 aromatic heterocycles. The summed E-state index contributed by atoms with van der Waals surface area (Å²) in [6.45, 7) is 3.36. The molecule has 1 atom stereocenters. The van der Waals surface area contributed by atoms with Crippen LogP contribution in [-0.4, -0.2) is 23.6 Å². The average molecular weight is 332 g/mol. The van der Waals surface area contributed by atoms with E-state index in [2.05, 4.69) is 30.1 Å². The first-order chi connectivity index (χ1) is 9.78. The van der Waals surface area contributed by atoms with Crippen LogP contribution in [0.25, 0.3) is 0 Å². The number of thiophene rings is 1. The van der Waals surface area contributed by atoms with Crippen molar-refractivity contribution in [2.75, 3.05) is 12.3 Å². The van der Waals surface area contributed by atoms with E-state index in [9.17, 15) is 0 Å². The van der Waals surface area contributed by atoms with E-state index in [4.69, 9.17) is 11.6 Å². The fourth-order valence-electron chi connectivity index (χ4n) is 2.73. The minimum Gasteiger partial charge on any atom is -0.313 e. The molecule has 114 valence electrons. The summed E-state index contributed by atoms with van der Waals surface area (Å²) in [4.78, 5) is 1.41. The number of rotatable bonds is 8. The van der Waals surface area contributed by atoms with Gasteiger partial charge in [0, 0.05) is 21.9 Å². The Labute approximate surface area is 136 Å². The maximum absolute atomic E-state index is 6.04. The van der Waals surface area contributed by atoms with Crippen molar-refractivity contribution in [2.45, 2.75) is 63.2 Å². The van der Waals surface area contributed by atoms with E-state index in [-0.39, 0.29) is 0 Å². The summed E-state index contributed by atoms with van der Waals surface area (Å²) in [6.07, 6.45) is 9.50. The Hall–Kier alpha value is 0.300. The summed E-state index contributed by atoms with van der Waals surface area (Å²) in [5, 5.41) is 4.61. The molecule has 1 unspecified atom stereocenters. The molecular weight excluding hydrogens is 306 g/mol. The highest BCUT2D eigenvalue weighted by atomic mass is 35.5. The van der Waals surface area contributed by atoms with Crippen molar-refractivity contribution < 1.29 is 0 Å². The second-order valence-electron chi connectivity index (χ2n) is 5.65. The zero-order valence-electron chi connectivity index (χ0n) is 12.4. The van der Waals surface area contributed by atoms with E-state index in [0.29, 0.717) is 6.04 Å². The molecule has 2 rings (SSSR count). The van der Waals surface area contributed by atoms with Crippen LogP contribution in [0.5, 0.6) is 0 Å². The number of halogens is 1. The lowest BCUT2D eigenvalue weighted by molar-refractivity contribution is 0.512. The van der Waals surface area contributed by atoms with Crippen LogP contribution in [-0.2, 0) is 6.42 Å². The largest absolute Gasteiger partial charge is 0.313 e. The molecule has 4 heteroatoms. The van der Waals surface area contributed by atoms with E-state index >= 15 is 0 Å². The second kappa shape index (κ2) is 9.34. The molecule has 0 spiro atoms. The normalized spacial score (nSPS) is 18.3. The van der Waals surface area contributed by atoms with E-state index in [1.807, 2.05) is 6.07 Å². The van der Waals surface area contributed by atoms with E-state index in [0.717, 1.165) is 22.6 Å². The Morgan fingerprint density at radius 2 is 2.15 bits per heavy atom. The predicted molar refractivity (Wildman–Crippen MR) is 94.4 cm³/mol. The Morgan fingerprint density at radius 1 is 1.35 bits per heavy atom. The van der Waals surface area contributed by atoms with Crippen molar-refractivity contribution >= 4 is 34.7 Å². The van der Waals surface area contributed by atoms with Gasteiger partial charge in [-0.05, 0) is 44.4 Å². The lowest BCUT2D eigenvalue weighted by Gasteiger charge is -2.24. The molecule has 20 heavy (non-hydrogen) atoms. The Bertz CT molecular complexity index is 374. The number of hydrogen-bond donors (Lipinski definition) is 1. The zero-order chi connectivity index (χ0) is 14.2. The lowest BCUT2D eigenvalue weighted by Crippen LogP contribution is -2.34. The van der Waals surface area contributed by atoms with Gasteiger partial charge in [-0.1, -0.05) is 37.8 Å². The van der Waals surface area contributed by atoms with Gasteiger partial charge in [0.25, 0.3) is 0 Å². The highest BCUT2D eigenvalue weighted by Gasteiger charge is 2.17. The van der Waals surface area contributed by atoms with Gasteiger partial charge in [0.2, 0.25) is 0 Å². The highest BCUT2D eigenvalue weighted by molar-refractivity contribution is 7.99. The fraction of sp³-hybridized carbons (Fsp3) is 0.750. The first-order valence-corrected chi connectivity index (χ1v) is 10.1. The Morgan fingerprint density at radius 3 is 2.80 bits per heavy atom. The highest BCUT2D eigenvalue weighted by Crippen LogP contribution is 2.29. The molecule has 0 aromatic carbocycles. The zero-order valence-corrected chi connectivity index (χ0v) is 14.8. The van der Waals surface area contributed by atoms with Gasteiger partial charge in [-0.3, -0.25) is 0 Å². The lowest BCUT2D eigenvalue weighted by atomic mass is 10.0. The first kappa shape index (κ1) is 16.7. The summed E-state index contributed by atoms with van der Waals surface area (Å²) in [5.74, 6) is 1.24. The van der Waals surface area contributed by atoms with Crippen molar-refractivity contribution in [3.63, 3.8) is 0 Å². The fourth-order valence-corrected chi connectivity index (χ4v) is 5.30. The third-order valence-electron chi connectivity index (χ3n) is 3.84. The predicted octanol–water partition coefficient (Wildman–Crippen LogP) is 5.38. The van der Waals surface area contributed by atoms with Crippen LogP contribution in [0.3, 0.4) is 0 Å². The van der Waals surface area contributed by atoms with Gasteiger partial charge in [-0.25, -0.2) is 0 Å². The summed E-state index contributed by atoms with van der Waals surface area (Å²) in [6, 6.07) is 4.79. The van der Waals surface area contributed by atoms with E-state index in [1.54, 1.807) is 11.3 Å². The topological polar surface area (TPSA) is 12.0 Å². The van der Waals surface area contributed by atoms with Crippen molar-refractivity contribution in [1.82, 2.24) is 5.32 Å². The third kappa shape index (κ3) is 5.97. The van der Waals surface area contributed by atoms with Crippen LogP contribution in [0.4, 0.5) is 0 Å². The van der Waals surface area contributed by atoms with Crippen LogP contribution in [0.15, 0.2) is 12.1 Å². The van der Waals surface area contributed by atoms with Crippen LogP contribution in [0, 0.1) is 0 Å². The second-order valence-corrected chi connectivity index (χ2v) is 8.79. The monoisotopic (exact) mass is 331 g/mol. The minimum atomic E-state index is 0.594. The van der Waals surface area contributed by atoms with Crippen molar-refractivity contribution in [1.29, 1.82) is 0 Å². The van der Waals surface area contributed by atoms with E-state index in [1.165, 1.54) is 49.2 Å². The van der Waals surface area contributed by atoms with Gasteiger partial charge >= 0.3 is 0 Å². The number of nitrogens with one attached hydrogen (secondary N) is 1. The maximum atomic E-state index is 6.04. The molecular formula is C16H26ClNS2. The van der Waals surface area contributed by atoms with Crippen molar-refractivity contribution in [3.05, 3.63) is 21.3 Å². The number of thioether (sulfide) groups is 1. The summed E-state index contributed by atoms with van der Waals surface area (Å²) in [7, 11) is 0. The van der Waals surface area contributed by atoms with Gasteiger partial charge in [0.15, 0.2) is 0 Å². The molecule has 1 fully saturated rings. The SMILES string of the molecule is CCCNC(CSC1CCCCC1)Cc1ccc(Cl)s1. The first-order valence-electron chi connectivity index (χ1n) is 7.87. The van der Waals surface area contributed by atoms with Crippen molar-refractivity contribution in [2.24, 2.45) is 0 Å². The molecule has 1 aliphatic carbocycles. The average Bonchev–Trinajstić information content (AvgIpc) is 2.88. The van der Waals surface area contributed by atoms with Gasteiger partial charge < -0.3 is 5.32 Å². The molecule has 1 saturated carbocycles. The molecule has 1 N–H and O–H groups in total. The summed E-state index contributed by atoms with van der Waals surface area (Å²) < 4.78 is 0.911. The van der Waals surface area contributed by atoms with Crippen LogP contribution in [0.1, 0.15) is 50.3 Å². The Kier molecular flexibility index (Phi) is 7.79. The Balaban J connectivity index is 1.79. The molecule has 1 aromatic rings. The van der Waals surface area contributed by atoms with Crippen LogP contribution < -0.4 is 5.32 Å². The van der Waals surface area contributed by atoms with Gasteiger partial charge in [0.1, 0.15) is 0 Å².